The topological polar surface area (TPSA) is 68.3 Å². The van der Waals surface area contributed by atoms with Gasteiger partial charge in [0.25, 0.3) is 5.91 Å². The fraction of sp³-hybridized carbons (Fsp3) is 0.0870. The van der Waals surface area contributed by atoms with Crippen LogP contribution in [-0.4, -0.2) is 23.5 Å². The van der Waals surface area contributed by atoms with Crippen LogP contribution < -0.4 is 5.32 Å². The Bertz CT molecular complexity index is 1050. The molecule has 1 amide bonds. The Balaban J connectivity index is 1.74. The van der Waals surface area contributed by atoms with E-state index in [1.807, 2.05) is 0 Å². The first kappa shape index (κ1) is 19.9. The minimum atomic E-state index is -0.427. The average Bonchev–Trinajstić information content (AvgIpc) is 2.73. The van der Waals surface area contributed by atoms with E-state index in [0.29, 0.717) is 23.6 Å². The third-order valence-corrected chi connectivity index (χ3v) is 3.96. The van der Waals surface area contributed by atoms with Gasteiger partial charge in [-0.2, -0.15) is 0 Å². The van der Waals surface area contributed by atoms with Crippen molar-refractivity contribution in [2.45, 2.75) is 6.92 Å². The molecule has 1 aromatic heterocycles. The van der Waals surface area contributed by atoms with Crippen LogP contribution in [0.25, 0.3) is 17.3 Å². The number of esters is 1. The monoisotopic (exact) mass is 390 g/mol. The smallest absolute Gasteiger partial charge is 0.330 e. The molecule has 0 aliphatic rings. The van der Waals surface area contributed by atoms with E-state index in [4.69, 9.17) is 4.74 Å². The number of nitrogens with zero attached hydrogens (tertiary/aromatic N) is 1. The Morgan fingerprint density at radius 3 is 2.59 bits per heavy atom. The second-order valence-corrected chi connectivity index (χ2v) is 6.08. The Hall–Kier alpha value is -3.80. The van der Waals surface area contributed by atoms with E-state index >= 15 is 0 Å². The molecular weight excluding hydrogens is 371 g/mol. The second kappa shape index (κ2) is 9.41. The van der Waals surface area contributed by atoms with Gasteiger partial charge in [0.1, 0.15) is 11.5 Å². The van der Waals surface area contributed by atoms with Crippen LogP contribution in [-0.2, 0) is 9.53 Å². The number of halogens is 1. The summed E-state index contributed by atoms with van der Waals surface area (Å²) in [6.45, 7) is 2.05. The fourth-order valence-corrected chi connectivity index (χ4v) is 2.61. The number of rotatable bonds is 6. The summed E-state index contributed by atoms with van der Waals surface area (Å²) in [7, 11) is 0. The molecule has 1 N–H and O–H groups in total. The molecular formula is C23H19FN2O3. The lowest BCUT2D eigenvalue weighted by Gasteiger charge is -2.07. The van der Waals surface area contributed by atoms with Crippen LogP contribution in [0.3, 0.4) is 0 Å². The number of benzene rings is 2. The number of hydrogen-bond acceptors (Lipinski definition) is 4. The van der Waals surface area contributed by atoms with Gasteiger partial charge in [0.05, 0.1) is 12.3 Å². The Morgan fingerprint density at radius 2 is 1.83 bits per heavy atom. The van der Waals surface area contributed by atoms with E-state index < -0.39 is 5.97 Å². The fourth-order valence-electron chi connectivity index (χ4n) is 2.61. The molecule has 0 aliphatic heterocycles. The highest BCUT2D eigenvalue weighted by molar-refractivity contribution is 6.03. The van der Waals surface area contributed by atoms with Crippen molar-refractivity contribution in [3.63, 3.8) is 0 Å². The quantitative estimate of drug-likeness (QED) is 0.489. The molecule has 1 heterocycles. The van der Waals surface area contributed by atoms with Crippen molar-refractivity contribution in [3.05, 3.63) is 89.9 Å². The van der Waals surface area contributed by atoms with Crippen molar-refractivity contribution in [1.82, 2.24) is 4.98 Å². The number of aromatic nitrogens is 1. The van der Waals surface area contributed by atoms with Crippen molar-refractivity contribution >= 4 is 23.6 Å². The van der Waals surface area contributed by atoms with Gasteiger partial charge in [-0.15, -0.1) is 0 Å². The number of amides is 1. The van der Waals surface area contributed by atoms with E-state index in [1.54, 1.807) is 67.6 Å². The van der Waals surface area contributed by atoms with Crippen molar-refractivity contribution < 1.29 is 18.7 Å². The van der Waals surface area contributed by atoms with Crippen LogP contribution in [0.15, 0.2) is 72.8 Å². The summed E-state index contributed by atoms with van der Waals surface area (Å²) in [5.41, 5.74) is 2.83. The molecule has 0 atom stereocenters. The lowest BCUT2D eigenvalue weighted by molar-refractivity contribution is -0.137. The zero-order chi connectivity index (χ0) is 20.6. The first-order valence-corrected chi connectivity index (χ1v) is 9.04. The number of carbonyl (C=O) groups is 2. The van der Waals surface area contributed by atoms with E-state index in [1.165, 1.54) is 18.2 Å². The van der Waals surface area contributed by atoms with Gasteiger partial charge >= 0.3 is 5.97 Å². The van der Waals surface area contributed by atoms with Gasteiger partial charge in [-0.25, -0.2) is 14.2 Å². The first-order valence-electron chi connectivity index (χ1n) is 9.04. The van der Waals surface area contributed by atoms with Crippen LogP contribution in [0, 0.1) is 5.82 Å². The van der Waals surface area contributed by atoms with E-state index in [0.717, 1.165) is 5.56 Å². The van der Waals surface area contributed by atoms with Gasteiger partial charge in [0.2, 0.25) is 0 Å². The number of hydrogen-bond donors (Lipinski definition) is 1. The minimum Gasteiger partial charge on any atom is -0.463 e. The minimum absolute atomic E-state index is 0.235. The SMILES string of the molecule is CCOC(=O)/C=C/c1cccc(NC(=O)c2cccc(-c3ccc(F)cc3)n2)c1. The average molecular weight is 390 g/mol. The Kier molecular flexibility index (Phi) is 6.47. The van der Waals surface area contributed by atoms with E-state index in [9.17, 15) is 14.0 Å². The predicted octanol–water partition coefficient (Wildman–Crippen LogP) is 4.72. The molecule has 0 saturated heterocycles. The van der Waals surface area contributed by atoms with Crippen molar-refractivity contribution in [2.24, 2.45) is 0 Å². The lowest BCUT2D eigenvalue weighted by atomic mass is 10.1. The van der Waals surface area contributed by atoms with Gasteiger partial charge in [0, 0.05) is 17.3 Å². The van der Waals surface area contributed by atoms with Crippen LogP contribution in [0.4, 0.5) is 10.1 Å². The molecule has 2 aromatic carbocycles. The Labute approximate surface area is 167 Å². The van der Waals surface area contributed by atoms with Crippen molar-refractivity contribution in [1.29, 1.82) is 0 Å². The molecule has 6 heteroatoms. The van der Waals surface area contributed by atoms with E-state index in [2.05, 4.69) is 10.3 Å². The largest absolute Gasteiger partial charge is 0.463 e. The maximum Gasteiger partial charge on any atom is 0.330 e. The summed E-state index contributed by atoms with van der Waals surface area (Å²) < 4.78 is 18.0. The Morgan fingerprint density at radius 1 is 1.07 bits per heavy atom. The van der Waals surface area contributed by atoms with Crippen LogP contribution in [0.2, 0.25) is 0 Å². The molecule has 3 rings (SSSR count). The number of anilines is 1. The second-order valence-electron chi connectivity index (χ2n) is 6.08. The van der Waals surface area contributed by atoms with Gasteiger partial charge in [-0.3, -0.25) is 4.79 Å². The maximum atomic E-state index is 13.1. The van der Waals surface area contributed by atoms with Crippen LogP contribution in [0.5, 0.6) is 0 Å². The van der Waals surface area contributed by atoms with Crippen LogP contribution in [0.1, 0.15) is 23.0 Å². The molecule has 3 aromatic rings. The van der Waals surface area contributed by atoms with Gasteiger partial charge < -0.3 is 10.1 Å². The van der Waals surface area contributed by atoms with E-state index in [-0.39, 0.29) is 17.4 Å². The van der Waals surface area contributed by atoms with Gasteiger partial charge in [-0.05, 0) is 67.1 Å². The summed E-state index contributed by atoms with van der Waals surface area (Å²) in [5, 5.41) is 2.79. The third kappa shape index (κ3) is 5.59. The molecule has 0 bridgehead atoms. The normalized spacial score (nSPS) is 10.7. The van der Waals surface area contributed by atoms with Crippen molar-refractivity contribution in [3.8, 4) is 11.3 Å². The molecule has 0 fully saturated rings. The summed E-state index contributed by atoms with van der Waals surface area (Å²) >= 11 is 0. The molecule has 0 saturated carbocycles. The lowest BCUT2D eigenvalue weighted by Crippen LogP contribution is -2.13. The molecule has 0 unspecified atom stereocenters. The summed E-state index contributed by atoms with van der Waals surface area (Å²) in [6, 6.07) is 18.0. The molecule has 0 radical (unpaired) electrons. The number of ether oxygens (including phenoxy) is 1. The van der Waals surface area contributed by atoms with Crippen molar-refractivity contribution in [2.75, 3.05) is 11.9 Å². The van der Waals surface area contributed by atoms with Crippen LogP contribution >= 0.6 is 0 Å². The van der Waals surface area contributed by atoms with Gasteiger partial charge in [-0.1, -0.05) is 18.2 Å². The number of nitrogens with one attached hydrogen (secondary N) is 1. The summed E-state index contributed by atoms with van der Waals surface area (Å²) in [6.07, 6.45) is 2.94. The molecule has 29 heavy (non-hydrogen) atoms. The summed E-state index contributed by atoms with van der Waals surface area (Å²) in [5.74, 6) is -1.14. The molecule has 146 valence electrons. The predicted molar refractivity (Wildman–Crippen MR) is 110 cm³/mol. The molecule has 0 spiro atoms. The number of pyridine rings is 1. The summed E-state index contributed by atoms with van der Waals surface area (Å²) in [4.78, 5) is 28.4. The number of carbonyl (C=O) groups excluding carboxylic acids is 2. The first-order chi connectivity index (χ1) is 14.0. The van der Waals surface area contributed by atoms with Gasteiger partial charge in [0.15, 0.2) is 0 Å². The zero-order valence-corrected chi connectivity index (χ0v) is 15.8. The standard InChI is InChI=1S/C23H19FN2O3/c1-2-29-22(27)14-9-16-5-3-6-19(15-16)25-23(28)21-8-4-7-20(26-21)17-10-12-18(24)13-11-17/h3-15H,2H2,1H3,(H,25,28)/b14-9+. The third-order valence-electron chi connectivity index (χ3n) is 3.96. The highest BCUT2D eigenvalue weighted by atomic mass is 19.1. The highest BCUT2D eigenvalue weighted by Gasteiger charge is 2.10. The zero-order valence-electron chi connectivity index (χ0n) is 15.8. The maximum absolute atomic E-state index is 13.1. The molecule has 5 nitrogen and oxygen atoms in total. The molecule has 0 aliphatic carbocycles. The highest BCUT2D eigenvalue weighted by Crippen LogP contribution is 2.19.